The Balaban J connectivity index is 0.00000144. The van der Waals surface area contributed by atoms with Crippen molar-refractivity contribution in [1.82, 2.24) is 5.32 Å². The molecule has 1 aliphatic rings. The topological polar surface area (TPSA) is 21.3 Å². The highest BCUT2D eigenvalue weighted by Crippen LogP contribution is 2.20. The van der Waals surface area contributed by atoms with E-state index in [0.29, 0.717) is 16.1 Å². The Morgan fingerprint density at radius 1 is 1.35 bits per heavy atom. The van der Waals surface area contributed by atoms with Crippen LogP contribution in [0.5, 0.6) is 0 Å². The molecule has 1 saturated heterocycles. The van der Waals surface area contributed by atoms with E-state index in [-0.39, 0.29) is 12.4 Å². The second-order valence-corrected chi connectivity index (χ2v) is 4.85. The van der Waals surface area contributed by atoms with E-state index in [9.17, 15) is 0 Å². The summed E-state index contributed by atoms with van der Waals surface area (Å²) in [6.07, 6.45) is 2.70. The predicted molar refractivity (Wildman–Crippen MR) is 67.1 cm³/mol. The maximum atomic E-state index is 6.07. The molecule has 5 heteroatoms. The molecular formula is C12H15Cl3NO-. The van der Waals surface area contributed by atoms with Crippen molar-refractivity contribution in [3.8, 4) is 0 Å². The van der Waals surface area contributed by atoms with Crippen LogP contribution in [-0.4, -0.2) is 19.3 Å². The van der Waals surface area contributed by atoms with E-state index in [2.05, 4.69) is 5.32 Å². The van der Waals surface area contributed by atoms with Crippen LogP contribution in [0.25, 0.3) is 0 Å². The maximum absolute atomic E-state index is 6.07. The Morgan fingerprint density at radius 2 is 2.18 bits per heavy atom. The fraction of sp³-hybridized carbons (Fsp3) is 0.500. The van der Waals surface area contributed by atoms with Crippen LogP contribution < -0.4 is 17.7 Å². The van der Waals surface area contributed by atoms with Crippen LogP contribution in [0.2, 0.25) is 10.0 Å². The minimum Gasteiger partial charge on any atom is -1.00 e. The number of hydrogen-bond acceptors (Lipinski definition) is 2. The summed E-state index contributed by atoms with van der Waals surface area (Å²) in [5.74, 6) is 0. The summed E-state index contributed by atoms with van der Waals surface area (Å²) in [7, 11) is 0. The number of benzene rings is 1. The van der Waals surface area contributed by atoms with Crippen molar-refractivity contribution < 1.29 is 17.1 Å². The molecule has 1 fully saturated rings. The molecular weight excluding hydrogens is 280 g/mol. The fourth-order valence-electron chi connectivity index (χ4n) is 1.84. The number of ether oxygens (including phenoxy) is 1. The molecule has 0 amide bonds. The Bertz CT molecular complexity index is 354. The van der Waals surface area contributed by atoms with Crippen molar-refractivity contribution in [2.45, 2.75) is 25.5 Å². The molecule has 96 valence electrons. The van der Waals surface area contributed by atoms with Gasteiger partial charge in [-0.3, -0.25) is 0 Å². The van der Waals surface area contributed by atoms with Crippen LogP contribution in [0.15, 0.2) is 18.2 Å². The smallest absolute Gasteiger partial charge is 0.0700 e. The average Bonchev–Trinajstić information content (AvgIpc) is 2.74. The summed E-state index contributed by atoms with van der Waals surface area (Å²) in [6.45, 7) is 2.54. The molecule has 1 aromatic carbocycles. The lowest BCUT2D eigenvalue weighted by Crippen LogP contribution is -3.00. The lowest BCUT2D eigenvalue weighted by Gasteiger charge is -2.11. The molecule has 0 bridgehead atoms. The lowest BCUT2D eigenvalue weighted by atomic mass is 10.2. The highest BCUT2D eigenvalue weighted by atomic mass is 35.5. The SMILES string of the molecule is Clc1ccc(CNCC2CCCO2)c(Cl)c1.[Cl-]. The third kappa shape index (κ3) is 4.65. The Labute approximate surface area is 118 Å². The lowest BCUT2D eigenvalue weighted by molar-refractivity contribution is -0.00000441. The van der Waals surface area contributed by atoms with Gasteiger partial charge < -0.3 is 22.5 Å². The molecule has 1 heterocycles. The molecule has 0 radical (unpaired) electrons. The van der Waals surface area contributed by atoms with E-state index in [1.165, 1.54) is 6.42 Å². The number of hydrogen-bond donors (Lipinski definition) is 1. The molecule has 1 unspecified atom stereocenters. The number of rotatable bonds is 4. The Kier molecular flexibility index (Phi) is 6.60. The summed E-state index contributed by atoms with van der Waals surface area (Å²) in [5, 5.41) is 4.74. The van der Waals surface area contributed by atoms with Crippen molar-refractivity contribution in [3.05, 3.63) is 33.8 Å². The minimum absolute atomic E-state index is 0. The van der Waals surface area contributed by atoms with Gasteiger partial charge in [0.2, 0.25) is 0 Å². The molecule has 2 rings (SSSR count). The van der Waals surface area contributed by atoms with Gasteiger partial charge in [0.05, 0.1) is 6.10 Å². The molecule has 1 N–H and O–H groups in total. The van der Waals surface area contributed by atoms with Gasteiger partial charge in [-0.25, -0.2) is 0 Å². The van der Waals surface area contributed by atoms with Gasteiger partial charge in [0.25, 0.3) is 0 Å². The van der Waals surface area contributed by atoms with Crippen LogP contribution in [-0.2, 0) is 11.3 Å². The van der Waals surface area contributed by atoms with E-state index in [1.54, 1.807) is 6.07 Å². The zero-order valence-corrected chi connectivity index (χ0v) is 11.7. The monoisotopic (exact) mass is 294 g/mol. The van der Waals surface area contributed by atoms with Crippen LogP contribution in [0.1, 0.15) is 18.4 Å². The Morgan fingerprint density at radius 3 is 2.82 bits per heavy atom. The molecule has 0 aliphatic carbocycles. The van der Waals surface area contributed by atoms with E-state index in [1.807, 2.05) is 12.1 Å². The molecule has 0 saturated carbocycles. The first-order valence-corrected chi connectivity index (χ1v) is 6.27. The molecule has 1 atom stereocenters. The van der Waals surface area contributed by atoms with Crippen LogP contribution in [0.3, 0.4) is 0 Å². The molecule has 17 heavy (non-hydrogen) atoms. The van der Waals surface area contributed by atoms with E-state index < -0.39 is 0 Å². The van der Waals surface area contributed by atoms with Crippen molar-refractivity contribution in [1.29, 1.82) is 0 Å². The molecule has 1 aliphatic heterocycles. The minimum atomic E-state index is 0. The van der Waals surface area contributed by atoms with Gasteiger partial charge in [-0.2, -0.15) is 0 Å². The normalized spacial score (nSPS) is 19.1. The summed E-state index contributed by atoms with van der Waals surface area (Å²) < 4.78 is 5.52. The Hall–Kier alpha value is 0.01000. The van der Waals surface area contributed by atoms with Gasteiger partial charge in [-0.05, 0) is 30.5 Å². The summed E-state index contributed by atoms with van der Waals surface area (Å²) in [6, 6.07) is 5.58. The van der Waals surface area contributed by atoms with Gasteiger partial charge in [0.15, 0.2) is 0 Å². The molecule has 0 spiro atoms. The predicted octanol–water partition coefficient (Wildman–Crippen LogP) is 0.266. The fourth-order valence-corrected chi connectivity index (χ4v) is 2.31. The van der Waals surface area contributed by atoms with Gasteiger partial charge in [-0.1, -0.05) is 29.3 Å². The van der Waals surface area contributed by atoms with Crippen molar-refractivity contribution in [3.63, 3.8) is 0 Å². The van der Waals surface area contributed by atoms with Gasteiger partial charge >= 0.3 is 0 Å². The van der Waals surface area contributed by atoms with E-state index in [0.717, 1.165) is 31.7 Å². The van der Waals surface area contributed by atoms with Crippen molar-refractivity contribution >= 4 is 23.2 Å². The second kappa shape index (κ2) is 7.45. The molecule has 0 aromatic heterocycles. The van der Waals surface area contributed by atoms with Gasteiger partial charge in [0, 0.05) is 29.7 Å². The van der Waals surface area contributed by atoms with Crippen molar-refractivity contribution in [2.24, 2.45) is 0 Å². The maximum Gasteiger partial charge on any atom is 0.0700 e. The van der Waals surface area contributed by atoms with E-state index in [4.69, 9.17) is 27.9 Å². The first kappa shape index (κ1) is 15.1. The van der Waals surface area contributed by atoms with Gasteiger partial charge in [0.1, 0.15) is 0 Å². The summed E-state index contributed by atoms with van der Waals surface area (Å²) in [4.78, 5) is 0. The largest absolute Gasteiger partial charge is 1.00 e. The standard InChI is InChI=1S/C12H15Cl2NO.ClH/c13-10-4-3-9(12(14)6-10)7-15-8-11-2-1-5-16-11;/h3-4,6,11,15H,1-2,5,7-8H2;1H/p-1. The first-order valence-electron chi connectivity index (χ1n) is 5.52. The molecule has 2 nitrogen and oxygen atoms in total. The van der Waals surface area contributed by atoms with Crippen molar-refractivity contribution in [2.75, 3.05) is 13.2 Å². The second-order valence-electron chi connectivity index (χ2n) is 4.00. The zero-order valence-electron chi connectivity index (χ0n) is 9.39. The number of halogens is 3. The van der Waals surface area contributed by atoms with Crippen LogP contribution in [0.4, 0.5) is 0 Å². The van der Waals surface area contributed by atoms with Gasteiger partial charge in [-0.15, -0.1) is 0 Å². The summed E-state index contributed by atoms with van der Waals surface area (Å²) >= 11 is 11.9. The molecule has 1 aromatic rings. The zero-order chi connectivity index (χ0) is 11.4. The average molecular weight is 296 g/mol. The highest BCUT2D eigenvalue weighted by molar-refractivity contribution is 6.35. The third-order valence-electron chi connectivity index (χ3n) is 2.73. The van der Waals surface area contributed by atoms with Crippen LogP contribution >= 0.6 is 23.2 Å². The third-order valence-corrected chi connectivity index (χ3v) is 3.31. The number of nitrogens with one attached hydrogen (secondary N) is 1. The van der Waals surface area contributed by atoms with Crippen LogP contribution in [0, 0.1) is 0 Å². The van der Waals surface area contributed by atoms with E-state index >= 15 is 0 Å². The first-order chi connectivity index (χ1) is 7.75. The summed E-state index contributed by atoms with van der Waals surface area (Å²) in [5.41, 5.74) is 1.07. The highest BCUT2D eigenvalue weighted by Gasteiger charge is 2.14. The quantitative estimate of drug-likeness (QED) is 0.861.